The molecule has 0 radical (unpaired) electrons. The molecule has 1 atom stereocenters. The van der Waals surface area contributed by atoms with Gasteiger partial charge in [-0.2, -0.15) is 0 Å². The summed E-state index contributed by atoms with van der Waals surface area (Å²) in [4.78, 5) is 7.20. The van der Waals surface area contributed by atoms with E-state index in [2.05, 4.69) is 17.1 Å². The van der Waals surface area contributed by atoms with Crippen LogP contribution in [-0.4, -0.2) is 47.0 Å². The fourth-order valence-electron chi connectivity index (χ4n) is 4.16. The molecule has 4 nitrogen and oxygen atoms in total. The van der Waals surface area contributed by atoms with E-state index in [4.69, 9.17) is 4.99 Å². The summed E-state index contributed by atoms with van der Waals surface area (Å²) >= 11 is 0. The number of halogens is 1. The molecule has 1 spiro atoms. The molecule has 6 heteroatoms. The van der Waals surface area contributed by atoms with E-state index in [0.29, 0.717) is 23.5 Å². The fraction of sp³-hybridized carbons (Fsp3) is 0.650. The average Bonchev–Trinajstić information content (AvgIpc) is 3.25. The van der Waals surface area contributed by atoms with Gasteiger partial charge >= 0.3 is 0 Å². The van der Waals surface area contributed by atoms with Gasteiger partial charge in [-0.05, 0) is 37.2 Å². The van der Waals surface area contributed by atoms with Gasteiger partial charge in [0.25, 0.3) is 0 Å². The van der Waals surface area contributed by atoms with Crippen LogP contribution in [0.4, 0.5) is 0 Å². The molecular formula is C20H32IN3OS. The number of hydrogen-bond acceptors (Lipinski definition) is 2. The Morgan fingerprint density at radius 2 is 1.96 bits per heavy atom. The van der Waals surface area contributed by atoms with Gasteiger partial charge < -0.3 is 10.2 Å². The zero-order chi connectivity index (χ0) is 17.5. The van der Waals surface area contributed by atoms with Crippen LogP contribution >= 0.6 is 24.0 Å². The van der Waals surface area contributed by atoms with Crippen molar-refractivity contribution in [1.82, 2.24) is 10.2 Å². The maximum atomic E-state index is 12.3. The largest absolute Gasteiger partial charge is 0.357 e. The van der Waals surface area contributed by atoms with Gasteiger partial charge in [-0.15, -0.1) is 24.0 Å². The topological polar surface area (TPSA) is 44.7 Å². The van der Waals surface area contributed by atoms with E-state index in [1.54, 1.807) is 0 Å². The molecule has 1 saturated heterocycles. The van der Waals surface area contributed by atoms with Crippen molar-refractivity contribution in [2.24, 2.45) is 10.4 Å². The number of hydrogen-bond donors (Lipinski definition) is 1. The van der Waals surface area contributed by atoms with E-state index < -0.39 is 10.8 Å². The third-order valence-corrected chi connectivity index (χ3v) is 6.78. The summed E-state index contributed by atoms with van der Waals surface area (Å²) in [5.74, 6) is 2.27. The third kappa shape index (κ3) is 5.94. The van der Waals surface area contributed by atoms with E-state index in [1.807, 2.05) is 30.3 Å². The lowest BCUT2D eigenvalue weighted by atomic mass is 9.86. The second-order valence-electron chi connectivity index (χ2n) is 7.39. The summed E-state index contributed by atoms with van der Waals surface area (Å²) in [7, 11) is -0.855. The molecule has 1 aliphatic heterocycles. The first-order chi connectivity index (χ1) is 12.2. The van der Waals surface area contributed by atoms with Crippen LogP contribution in [0.5, 0.6) is 0 Å². The molecule has 1 aromatic carbocycles. The van der Waals surface area contributed by atoms with Crippen LogP contribution in [0.25, 0.3) is 0 Å². The van der Waals surface area contributed by atoms with Gasteiger partial charge in [0.1, 0.15) is 0 Å². The number of likely N-dealkylation sites (tertiary alicyclic amines) is 1. The van der Waals surface area contributed by atoms with Crippen molar-refractivity contribution < 1.29 is 4.21 Å². The van der Waals surface area contributed by atoms with Gasteiger partial charge in [-0.25, -0.2) is 0 Å². The summed E-state index contributed by atoms with van der Waals surface area (Å²) in [6, 6.07) is 10.1. The minimum Gasteiger partial charge on any atom is -0.357 e. The van der Waals surface area contributed by atoms with Crippen molar-refractivity contribution >= 4 is 40.7 Å². The maximum Gasteiger partial charge on any atom is 0.193 e. The van der Waals surface area contributed by atoms with Crippen molar-refractivity contribution in [1.29, 1.82) is 0 Å². The standard InChI is InChI=1S/C20H31N3OS.HI/c1-2-21-19(23-14-12-20(17-23)10-6-7-11-20)22-13-15-25(24)16-18-8-4-3-5-9-18;/h3-5,8-9H,2,6-7,10-17H2,1H3,(H,21,22);1H. The predicted octanol–water partition coefficient (Wildman–Crippen LogP) is 3.78. The van der Waals surface area contributed by atoms with Crippen LogP contribution in [0.3, 0.4) is 0 Å². The summed E-state index contributed by atoms with van der Waals surface area (Å²) in [6.07, 6.45) is 6.84. The normalized spacial score (nSPS) is 20.2. The number of nitrogens with zero attached hydrogens (tertiary/aromatic N) is 2. The second kappa shape index (κ2) is 10.6. The van der Waals surface area contributed by atoms with Crippen molar-refractivity contribution in [2.45, 2.75) is 44.8 Å². The molecule has 1 unspecified atom stereocenters. The predicted molar refractivity (Wildman–Crippen MR) is 122 cm³/mol. The van der Waals surface area contributed by atoms with E-state index >= 15 is 0 Å². The molecule has 1 aromatic rings. The molecule has 0 bridgehead atoms. The minimum atomic E-state index is -0.855. The lowest BCUT2D eigenvalue weighted by Crippen LogP contribution is -2.41. The van der Waals surface area contributed by atoms with Crippen LogP contribution in [0.15, 0.2) is 35.3 Å². The summed E-state index contributed by atoms with van der Waals surface area (Å²) < 4.78 is 12.3. The van der Waals surface area contributed by atoms with Crippen LogP contribution in [0.2, 0.25) is 0 Å². The Morgan fingerprint density at radius 3 is 2.65 bits per heavy atom. The molecule has 0 amide bonds. The smallest absolute Gasteiger partial charge is 0.193 e. The molecule has 3 rings (SSSR count). The highest BCUT2D eigenvalue weighted by Crippen LogP contribution is 2.45. The molecule has 1 N–H and O–H groups in total. The Kier molecular flexibility index (Phi) is 8.87. The first-order valence-corrected chi connectivity index (χ1v) is 11.1. The number of guanidine groups is 1. The molecule has 0 aromatic heterocycles. The van der Waals surface area contributed by atoms with E-state index in [9.17, 15) is 4.21 Å². The highest BCUT2D eigenvalue weighted by atomic mass is 127. The van der Waals surface area contributed by atoms with E-state index in [0.717, 1.165) is 31.2 Å². The third-order valence-electron chi connectivity index (χ3n) is 5.49. The lowest BCUT2D eigenvalue weighted by molar-refractivity contribution is 0.309. The van der Waals surface area contributed by atoms with Crippen LogP contribution in [0, 0.1) is 5.41 Å². The molecule has 26 heavy (non-hydrogen) atoms. The number of rotatable bonds is 6. The van der Waals surface area contributed by atoms with Crippen molar-refractivity contribution in [2.75, 3.05) is 31.9 Å². The van der Waals surface area contributed by atoms with E-state index in [1.165, 1.54) is 32.1 Å². The number of benzene rings is 1. The highest BCUT2D eigenvalue weighted by Gasteiger charge is 2.41. The molecule has 1 heterocycles. The molecular weight excluding hydrogens is 457 g/mol. The van der Waals surface area contributed by atoms with Crippen molar-refractivity contribution in [3.8, 4) is 0 Å². The fourth-order valence-corrected chi connectivity index (χ4v) is 5.16. The van der Waals surface area contributed by atoms with Crippen molar-refractivity contribution in [3.05, 3.63) is 35.9 Å². The zero-order valence-corrected chi connectivity index (χ0v) is 18.9. The van der Waals surface area contributed by atoms with Gasteiger partial charge in [-0.1, -0.05) is 43.2 Å². The van der Waals surface area contributed by atoms with Gasteiger partial charge in [0.15, 0.2) is 5.96 Å². The Labute approximate surface area is 177 Å². The monoisotopic (exact) mass is 489 g/mol. The Morgan fingerprint density at radius 1 is 1.23 bits per heavy atom. The minimum absolute atomic E-state index is 0. The van der Waals surface area contributed by atoms with Crippen LogP contribution in [0.1, 0.15) is 44.6 Å². The molecule has 1 saturated carbocycles. The van der Waals surface area contributed by atoms with Gasteiger partial charge in [0, 0.05) is 41.9 Å². The second-order valence-corrected chi connectivity index (χ2v) is 8.96. The summed E-state index contributed by atoms with van der Waals surface area (Å²) in [5, 5.41) is 3.43. The van der Waals surface area contributed by atoms with Gasteiger partial charge in [0.05, 0.1) is 6.54 Å². The Hall–Kier alpha value is -0.630. The Bertz CT molecular complexity index is 602. The van der Waals surface area contributed by atoms with E-state index in [-0.39, 0.29) is 24.0 Å². The first kappa shape index (κ1) is 21.7. The molecule has 1 aliphatic carbocycles. The zero-order valence-electron chi connectivity index (χ0n) is 15.8. The molecule has 2 fully saturated rings. The van der Waals surface area contributed by atoms with Gasteiger partial charge in [-0.3, -0.25) is 9.20 Å². The maximum absolute atomic E-state index is 12.3. The highest BCUT2D eigenvalue weighted by molar-refractivity contribution is 14.0. The van der Waals surface area contributed by atoms with Crippen LogP contribution in [-0.2, 0) is 16.6 Å². The van der Waals surface area contributed by atoms with Crippen LogP contribution < -0.4 is 5.32 Å². The average molecular weight is 489 g/mol. The van der Waals surface area contributed by atoms with Gasteiger partial charge in [0.2, 0.25) is 0 Å². The first-order valence-electron chi connectivity index (χ1n) is 9.63. The molecule has 2 aliphatic rings. The summed E-state index contributed by atoms with van der Waals surface area (Å²) in [6.45, 7) is 5.88. The summed E-state index contributed by atoms with van der Waals surface area (Å²) in [5.41, 5.74) is 1.69. The Balaban J connectivity index is 0.00000243. The number of aliphatic imine (C=N–C) groups is 1. The van der Waals surface area contributed by atoms with Crippen molar-refractivity contribution in [3.63, 3.8) is 0 Å². The molecule has 146 valence electrons. The SMILES string of the molecule is CCNC(=NCCS(=O)Cc1ccccc1)N1CCC2(CCCC2)C1.I. The lowest BCUT2D eigenvalue weighted by Gasteiger charge is -2.25. The quantitative estimate of drug-likeness (QED) is 0.376. The number of nitrogens with one attached hydrogen (secondary N) is 1.